The zero-order chi connectivity index (χ0) is 13.8. The number of nitrogen functional groups attached to an aromatic ring is 1. The van der Waals surface area contributed by atoms with Crippen molar-refractivity contribution in [3.63, 3.8) is 0 Å². The first-order chi connectivity index (χ1) is 9.08. The predicted octanol–water partition coefficient (Wildman–Crippen LogP) is 2.68. The number of carbonyl (C=O) groups excluding carboxylic acids is 1. The molecule has 4 nitrogen and oxygen atoms in total. The minimum Gasteiger partial charge on any atom is -0.490 e. The molecule has 1 aromatic carbocycles. The molecule has 0 aliphatic carbocycles. The second-order valence-corrected chi connectivity index (χ2v) is 5.28. The van der Waals surface area contributed by atoms with Gasteiger partial charge >= 0.3 is 0 Å². The first kappa shape index (κ1) is 13.7. The molecular formula is C15H22N2O2. The summed E-state index contributed by atoms with van der Waals surface area (Å²) in [7, 11) is 0. The first-order valence-corrected chi connectivity index (χ1v) is 6.93. The molecule has 104 valence electrons. The summed E-state index contributed by atoms with van der Waals surface area (Å²) in [6, 6.07) is 5.27. The summed E-state index contributed by atoms with van der Waals surface area (Å²) in [4.78, 5) is 14.4. The molecule has 1 heterocycles. The molecule has 0 radical (unpaired) electrons. The molecule has 1 aliphatic heterocycles. The molecule has 2 rings (SSSR count). The highest BCUT2D eigenvalue weighted by Crippen LogP contribution is 2.25. The van der Waals surface area contributed by atoms with Crippen LogP contribution in [0.1, 0.15) is 43.5 Å². The van der Waals surface area contributed by atoms with Gasteiger partial charge in [0.25, 0.3) is 5.91 Å². The number of carbonyl (C=O) groups is 1. The monoisotopic (exact) mass is 262 g/mol. The third kappa shape index (κ3) is 3.40. The topological polar surface area (TPSA) is 55.6 Å². The second kappa shape index (κ2) is 5.95. The highest BCUT2D eigenvalue weighted by molar-refractivity contribution is 5.97. The number of piperidine rings is 1. The normalized spacial score (nSPS) is 15.6. The van der Waals surface area contributed by atoms with Crippen LogP contribution in [-0.4, -0.2) is 30.0 Å². The molecule has 1 saturated heterocycles. The zero-order valence-corrected chi connectivity index (χ0v) is 11.7. The number of amides is 1. The Labute approximate surface area is 114 Å². The fourth-order valence-electron chi connectivity index (χ4n) is 2.34. The Morgan fingerprint density at radius 3 is 2.58 bits per heavy atom. The summed E-state index contributed by atoms with van der Waals surface area (Å²) < 4.78 is 5.71. The van der Waals surface area contributed by atoms with Crippen LogP contribution in [0.4, 0.5) is 5.69 Å². The van der Waals surface area contributed by atoms with Crippen molar-refractivity contribution >= 4 is 11.6 Å². The molecule has 1 amide bonds. The van der Waals surface area contributed by atoms with E-state index in [0.717, 1.165) is 25.9 Å². The van der Waals surface area contributed by atoms with Crippen molar-refractivity contribution < 1.29 is 9.53 Å². The lowest BCUT2D eigenvalue weighted by Gasteiger charge is -2.27. The Balaban J connectivity index is 2.25. The van der Waals surface area contributed by atoms with Crippen molar-refractivity contribution in [3.05, 3.63) is 23.8 Å². The number of rotatable bonds is 3. The van der Waals surface area contributed by atoms with Crippen molar-refractivity contribution in [1.29, 1.82) is 0 Å². The number of likely N-dealkylation sites (tertiary alicyclic amines) is 1. The average molecular weight is 262 g/mol. The molecule has 0 spiro atoms. The zero-order valence-electron chi connectivity index (χ0n) is 11.7. The van der Waals surface area contributed by atoms with Gasteiger partial charge in [0, 0.05) is 18.8 Å². The van der Waals surface area contributed by atoms with Crippen molar-refractivity contribution in [2.24, 2.45) is 0 Å². The number of anilines is 1. The van der Waals surface area contributed by atoms with E-state index in [1.807, 2.05) is 18.7 Å². The maximum absolute atomic E-state index is 12.5. The predicted molar refractivity (Wildman–Crippen MR) is 76.4 cm³/mol. The van der Waals surface area contributed by atoms with Crippen LogP contribution in [0.15, 0.2) is 18.2 Å². The molecule has 19 heavy (non-hydrogen) atoms. The smallest absolute Gasteiger partial charge is 0.257 e. The molecule has 1 fully saturated rings. The number of benzene rings is 1. The van der Waals surface area contributed by atoms with Crippen LogP contribution in [-0.2, 0) is 0 Å². The lowest BCUT2D eigenvalue weighted by atomic mass is 10.1. The van der Waals surface area contributed by atoms with E-state index in [2.05, 4.69) is 0 Å². The Kier molecular flexibility index (Phi) is 4.30. The van der Waals surface area contributed by atoms with Gasteiger partial charge in [-0.15, -0.1) is 0 Å². The molecule has 0 unspecified atom stereocenters. The average Bonchev–Trinajstić information content (AvgIpc) is 2.40. The van der Waals surface area contributed by atoms with Crippen LogP contribution < -0.4 is 10.5 Å². The van der Waals surface area contributed by atoms with E-state index >= 15 is 0 Å². The molecule has 4 heteroatoms. The fourth-order valence-corrected chi connectivity index (χ4v) is 2.34. The number of hydrogen-bond acceptors (Lipinski definition) is 3. The second-order valence-electron chi connectivity index (χ2n) is 5.28. The molecule has 1 aromatic rings. The Morgan fingerprint density at radius 1 is 1.26 bits per heavy atom. The van der Waals surface area contributed by atoms with Gasteiger partial charge in [0.2, 0.25) is 0 Å². The van der Waals surface area contributed by atoms with Gasteiger partial charge in [0.15, 0.2) is 0 Å². The summed E-state index contributed by atoms with van der Waals surface area (Å²) in [5.41, 5.74) is 6.97. The molecule has 0 atom stereocenters. The van der Waals surface area contributed by atoms with E-state index in [0.29, 0.717) is 17.0 Å². The van der Waals surface area contributed by atoms with E-state index in [1.165, 1.54) is 6.42 Å². The lowest BCUT2D eigenvalue weighted by molar-refractivity contribution is 0.0718. The van der Waals surface area contributed by atoms with Crippen LogP contribution in [0, 0.1) is 0 Å². The van der Waals surface area contributed by atoms with Gasteiger partial charge < -0.3 is 15.4 Å². The SMILES string of the molecule is CC(C)Oc1ccc(N)cc1C(=O)N1CCCCC1. The van der Waals surface area contributed by atoms with Gasteiger partial charge in [-0.1, -0.05) is 0 Å². The summed E-state index contributed by atoms with van der Waals surface area (Å²) >= 11 is 0. The summed E-state index contributed by atoms with van der Waals surface area (Å²) in [6.07, 6.45) is 3.40. The maximum atomic E-state index is 12.5. The largest absolute Gasteiger partial charge is 0.490 e. The summed E-state index contributed by atoms with van der Waals surface area (Å²) in [5, 5.41) is 0. The molecule has 1 aliphatic rings. The van der Waals surface area contributed by atoms with Crippen LogP contribution >= 0.6 is 0 Å². The van der Waals surface area contributed by atoms with Crippen molar-refractivity contribution in [2.45, 2.75) is 39.2 Å². The third-order valence-electron chi connectivity index (χ3n) is 3.24. The summed E-state index contributed by atoms with van der Waals surface area (Å²) in [6.45, 7) is 5.56. The minimum atomic E-state index is 0.0302. The standard InChI is InChI=1S/C15H22N2O2/c1-11(2)19-14-7-6-12(16)10-13(14)15(18)17-8-4-3-5-9-17/h6-7,10-11H,3-5,8-9,16H2,1-2H3. The third-order valence-corrected chi connectivity index (χ3v) is 3.24. The van der Waals surface area contributed by atoms with Crippen molar-refractivity contribution in [1.82, 2.24) is 4.90 Å². The number of nitrogens with two attached hydrogens (primary N) is 1. The number of hydrogen-bond donors (Lipinski definition) is 1. The molecule has 0 aromatic heterocycles. The van der Waals surface area contributed by atoms with E-state index < -0.39 is 0 Å². The Bertz CT molecular complexity index is 451. The lowest BCUT2D eigenvalue weighted by Crippen LogP contribution is -2.36. The molecular weight excluding hydrogens is 240 g/mol. The van der Waals surface area contributed by atoms with E-state index in [1.54, 1.807) is 18.2 Å². The van der Waals surface area contributed by atoms with Crippen molar-refractivity contribution in [3.8, 4) is 5.75 Å². The summed E-state index contributed by atoms with van der Waals surface area (Å²) in [5.74, 6) is 0.655. The molecule has 0 bridgehead atoms. The van der Waals surface area contributed by atoms with Crippen LogP contribution in [0.2, 0.25) is 0 Å². The number of ether oxygens (including phenoxy) is 1. The van der Waals surface area contributed by atoms with Gasteiger partial charge in [0.05, 0.1) is 11.7 Å². The van der Waals surface area contributed by atoms with Crippen LogP contribution in [0.25, 0.3) is 0 Å². The Morgan fingerprint density at radius 2 is 1.95 bits per heavy atom. The van der Waals surface area contributed by atoms with Gasteiger partial charge in [-0.3, -0.25) is 4.79 Å². The van der Waals surface area contributed by atoms with Gasteiger partial charge in [-0.2, -0.15) is 0 Å². The molecule has 0 saturated carbocycles. The quantitative estimate of drug-likeness (QED) is 0.852. The van der Waals surface area contributed by atoms with Crippen molar-refractivity contribution in [2.75, 3.05) is 18.8 Å². The first-order valence-electron chi connectivity index (χ1n) is 6.93. The highest BCUT2D eigenvalue weighted by atomic mass is 16.5. The van der Waals surface area contributed by atoms with Gasteiger partial charge in [-0.25, -0.2) is 0 Å². The highest BCUT2D eigenvalue weighted by Gasteiger charge is 2.22. The molecule has 2 N–H and O–H groups in total. The minimum absolute atomic E-state index is 0.0302. The van der Waals surface area contributed by atoms with E-state index in [-0.39, 0.29) is 12.0 Å². The van der Waals surface area contributed by atoms with Gasteiger partial charge in [0.1, 0.15) is 5.75 Å². The van der Waals surface area contributed by atoms with E-state index in [4.69, 9.17) is 10.5 Å². The fraction of sp³-hybridized carbons (Fsp3) is 0.533. The van der Waals surface area contributed by atoms with E-state index in [9.17, 15) is 4.79 Å². The maximum Gasteiger partial charge on any atom is 0.257 e. The number of nitrogens with zero attached hydrogens (tertiary/aromatic N) is 1. The van der Waals surface area contributed by atoms with Crippen LogP contribution in [0.5, 0.6) is 5.75 Å². The van der Waals surface area contributed by atoms with Gasteiger partial charge in [-0.05, 0) is 51.3 Å². The Hall–Kier alpha value is -1.71. The van der Waals surface area contributed by atoms with Crippen LogP contribution in [0.3, 0.4) is 0 Å².